The zero-order valence-electron chi connectivity index (χ0n) is 14.9. The summed E-state index contributed by atoms with van der Waals surface area (Å²) in [5.74, 6) is -0.666. The van der Waals surface area contributed by atoms with E-state index < -0.39 is 26.6 Å². The molecule has 0 bridgehead atoms. The Bertz CT molecular complexity index is 550. The van der Waals surface area contributed by atoms with E-state index in [1.165, 1.54) is 0 Å². The topological polar surface area (TPSA) is 55.8 Å². The Kier molecular flexibility index (Phi) is 5.04. The SMILES string of the molecule is C[C@@H]1C(=O)O[C@H]([C@@H](O)c2ccccc2)[C@H]1O[Si](C)(C)C(C)(C)C. The molecule has 1 aliphatic rings. The smallest absolute Gasteiger partial charge is 0.311 e. The molecule has 0 amide bonds. The molecule has 2 rings (SSSR count). The molecule has 1 aromatic carbocycles. The Balaban J connectivity index is 2.26. The average Bonchev–Trinajstić information content (AvgIpc) is 2.74. The quantitative estimate of drug-likeness (QED) is 0.673. The normalized spacial score (nSPS) is 26.9. The lowest BCUT2D eigenvalue weighted by Gasteiger charge is -2.40. The molecule has 1 saturated heterocycles. The molecule has 1 N–H and O–H groups in total. The van der Waals surface area contributed by atoms with Gasteiger partial charge in [-0.15, -0.1) is 0 Å². The highest BCUT2D eigenvalue weighted by Gasteiger charge is 2.51. The molecule has 5 heteroatoms. The van der Waals surface area contributed by atoms with Crippen LogP contribution in [0, 0.1) is 5.92 Å². The van der Waals surface area contributed by atoms with Gasteiger partial charge in [-0.3, -0.25) is 4.79 Å². The second-order valence-corrected chi connectivity index (χ2v) is 12.6. The number of cyclic esters (lactones) is 1. The number of aliphatic hydroxyl groups is 1. The Morgan fingerprint density at radius 2 is 1.78 bits per heavy atom. The number of carbonyl (C=O) groups excluding carboxylic acids is 1. The maximum absolute atomic E-state index is 12.1. The van der Waals surface area contributed by atoms with Gasteiger partial charge in [0.1, 0.15) is 6.10 Å². The number of hydrogen-bond donors (Lipinski definition) is 1. The number of rotatable bonds is 4. The maximum atomic E-state index is 12.1. The van der Waals surface area contributed by atoms with Gasteiger partial charge in [0, 0.05) is 0 Å². The van der Waals surface area contributed by atoms with Gasteiger partial charge in [0.05, 0.1) is 12.0 Å². The molecule has 0 aliphatic carbocycles. The third kappa shape index (κ3) is 3.67. The van der Waals surface area contributed by atoms with Crippen molar-refractivity contribution in [2.24, 2.45) is 5.92 Å². The predicted octanol–water partition coefficient (Wildman–Crippen LogP) is 3.67. The van der Waals surface area contributed by atoms with E-state index in [0.29, 0.717) is 0 Å². The fraction of sp³-hybridized carbons (Fsp3) is 0.611. The third-order valence-electron chi connectivity index (χ3n) is 5.13. The molecule has 128 valence electrons. The van der Waals surface area contributed by atoms with Crippen molar-refractivity contribution in [3.05, 3.63) is 35.9 Å². The molecular weight excluding hydrogens is 308 g/mol. The first-order valence-corrected chi connectivity index (χ1v) is 11.1. The average molecular weight is 337 g/mol. The number of benzene rings is 1. The van der Waals surface area contributed by atoms with Crippen LogP contribution in [-0.2, 0) is 14.0 Å². The van der Waals surface area contributed by atoms with Gasteiger partial charge < -0.3 is 14.3 Å². The van der Waals surface area contributed by atoms with Crippen molar-refractivity contribution < 1.29 is 19.1 Å². The van der Waals surface area contributed by atoms with E-state index in [0.717, 1.165) is 5.56 Å². The van der Waals surface area contributed by atoms with Crippen LogP contribution in [0.2, 0.25) is 18.1 Å². The fourth-order valence-electron chi connectivity index (χ4n) is 2.50. The van der Waals surface area contributed by atoms with Crippen molar-refractivity contribution in [3.8, 4) is 0 Å². The molecular formula is C18H28O4Si. The number of hydrogen-bond acceptors (Lipinski definition) is 4. The van der Waals surface area contributed by atoms with Crippen LogP contribution in [0.15, 0.2) is 30.3 Å². The van der Waals surface area contributed by atoms with Crippen molar-refractivity contribution in [1.29, 1.82) is 0 Å². The molecule has 1 aromatic rings. The first-order chi connectivity index (χ1) is 10.5. The molecule has 0 saturated carbocycles. The van der Waals surface area contributed by atoms with Crippen LogP contribution in [0.3, 0.4) is 0 Å². The molecule has 0 aromatic heterocycles. The fourth-order valence-corrected chi connectivity index (χ4v) is 3.87. The van der Waals surface area contributed by atoms with Crippen LogP contribution >= 0.6 is 0 Å². The molecule has 4 nitrogen and oxygen atoms in total. The van der Waals surface area contributed by atoms with Gasteiger partial charge in [0.2, 0.25) is 0 Å². The van der Waals surface area contributed by atoms with Crippen molar-refractivity contribution in [3.63, 3.8) is 0 Å². The monoisotopic (exact) mass is 336 g/mol. The summed E-state index contributed by atoms with van der Waals surface area (Å²) in [5.41, 5.74) is 0.739. The number of carbonyl (C=O) groups is 1. The zero-order valence-corrected chi connectivity index (χ0v) is 15.9. The highest BCUT2D eigenvalue weighted by Crippen LogP contribution is 2.42. The molecule has 1 aliphatic heterocycles. The molecule has 1 fully saturated rings. The minimum absolute atomic E-state index is 0.0284. The van der Waals surface area contributed by atoms with E-state index in [1.807, 2.05) is 37.3 Å². The molecule has 0 spiro atoms. The summed E-state index contributed by atoms with van der Waals surface area (Å²) in [5, 5.41) is 10.7. The second kappa shape index (κ2) is 6.38. The van der Waals surface area contributed by atoms with E-state index in [-0.39, 0.29) is 16.9 Å². The summed E-state index contributed by atoms with van der Waals surface area (Å²) in [6.45, 7) is 12.6. The number of aliphatic hydroxyl groups excluding tert-OH is 1. The van der Waals surface area contributed by atoms with Crippen LogP contribution < -0.4 is 0 Å². The van der Waals surface area contributed by atoms with Crippen molar-refractivity contribution in [1.82, 2.24) is 0 Å². The van der Waals surface area contributed by atoms with E-state index in [1.54, 1.807) is 0 Å². The van der Waals surface area contributed by atoms with E-state index >= 15 is 0 Å². The van der Waals surface area contributed by atoms with Crippen LogP contribution in [0.25, 0.3) is 0 Å². The van der Waals surface area contributed by atoms with Crippen LogP contribution in [0.5, 0.6) is 0 Å². The highest BCUT2D eigenvalue weighted by molar-refractivity contribution is 6.74. The second-order valence-electron chi connectivity index (χ2n) is 7.89. The van der Waals surface area contributed by atoms with Gasteiger partial charge >= 0.3 is 5.97 Å². The summed E-state index contributed by atoms with van der Waals surface area (Å²) in [6.07, 6.45) is -1.95. The Morgan fingerprint density at radius 1 is 1.22 bits per heavy atom. The van der Waals surface area contributed by atoms with E-state index in [4.69, 9.17) is 9.16 Å². The summed E-state index contributed by atoms with van der Waals surface area (Å²) in [7, 11) is -2.07. The Hall–Kier alpha value is -1.17. The van der Waals surface area contributed by atoms with Crippen LogP contribution in [0.4, 0.5) is 0 Å². The molecule has 0 unspecified atom stereocenters. The first-order valence-electron chi connectivity index (χ1n) is 8.16. The molecule has 4 atom stereocenters. The zero-order chi connectivity index (χ0) is 17.4. The lowest BCUT2D eigenvalue weighted by atomic mass is 9.96. The van der Waals surface area contributed by atoms with Gasteiger partial charge in [-0.1, -0.05) is 51.1 Å². The van der Waals surface area contributed by atoms with Crippen LogP contribution in [0.1, 0.15) is 39.4 Å². The lowest BCUT2D eigenvalue weighted by molar-refractivity contribution is -0.148. The molecule has 0 radical (unpaired) electrons. The van der Waals surface area contributed by atoms with Crippen LogP contribution in [-0.4, -0.2) is 31.6 Å². The van der Waals surface area contributed by atoms with Crippen molar-refractivity contribution >= 4 is 14.3 Å². The summed E-state index contributed by atoms with van der Waals surface area (Å²) < 4.78 is 11.9. The van der Waals surface area contributed by atoms with E-state index in [2.05, 4.69) is 33.9 Å². The minimum Gasteiger partial charge on any atom is -0.456 e. The Morgan fingerprint density at radius 3 is 2.30 bits per heavy atom. The summed E-state index contributed by atoms with van der Waals surface area (Å²) in [6, 6.07) is 9.30. The Labute approximate surface area is 139 Å². The third-order valence-corrected chi connectivity index (χ3v) is 9.60. The number of esters is 1. The van der Waals surface area contributed by atoms with Crippen molar-refractivity contribution in [2.45, 2.75) is 64.1 Å². The predicted molar refractivity (Wildman–Crippen MR) is 92.5 cm³/mol. The lowest BCUT2D eigenvalue weighted by Crippen LogP contribution is -2.48. The van der Waals surface area contributed by atoms with Gasteiger partial charge in [0.15, 0.2) is 14.4 Å². The first kappa shape index (κ1) is 18.2. The molecule has 1 heterocycles. The molecule has 23 heavy (non-hydrogen) atoms. The summed E-state index contributed by atoms with van der Waals surface area (Å²) >= 11 is 0. The summed E-state index contributed by atoms with van der Waals surface area (Å²) in [4.78, 5) is 12.1. The largest absolute Gasteiger partial charge is 0.456 e. The van der Waals surface area contributed by atoms with Crippen molar-refractivity contribution in [2.75, 3.05) is 0 Å². The highest BCUT2D eigenvalue weighted by atomic mass is 28.4. The van der Waals surface area contributed by atoms with Gasteiger partial charge in [-0.25, -0.2) is 0 Å². The maximum Gasteiger partial charge on any atom is 0.311 e. The minimum atomic E-state index is -2.07. The van der Waals surface area contributed by atoms with Gasteiger partial charge in [-0.05, 0) is 30.6 Å². The standard InChI is InChI=1S/C18H28O4Si/c1-12-15(22-23(5,6)18(2,3)4)16(21-17(12)20)14(19)13-10-8-7-9-11-13/h7-12,14-16,19H,1-6H3/t12-,14-,15-,16+/m0/s1. The number of ether oxygens (including phenoxy) is 1. The van der Waals surface area contributed by atoms with Gasteiger partial charge in [0.25, 0.3) is 0 Å². The van der Waals surface area contributed by atoms with Gasteiger partial charge in [-0.2, -0.15) is 0 Å². The van der Waals surface area contributed by atoms with E-state index in [9.17, 15) is 9.90 Å².